The lowest BCUT2D eigenvalue weighted by Gasteiger charge is -2.06. The van der Waals surface area contributed by atoms with Crippen LogP contribution in [-0.2, 0) is 13.2 Å². The molecule has 1 heterocycles. The van der Waals surface area contributed by atoms with Gasteiger partial charge in [0.15, 0.2) is 0 Å². The van der Waals surface area contributed by atoms with Crippen molar-refractivity contribution in [2.45, 2.75) is 13.2 Å². The van der Waals surface area contributed by atoms with Gasteiger partial charge in [0.05, 0.1) is 11.9 Å². The Labute approximate surface area is 105 Å². The highest BCUT2D eigenvalue weighted by Crippen LogP contribution is 2.14. The van der Waals surface area contributed by atoms with Gasteiger partial charge in [0.1, 0.15) is 12.4 Å². The first kappa shape index (κ1) is 11.9. The Kier molecular flexibility index (Phi) is 3.96. The highest BCUT2D eigenvalue weighted by atomic mass is 35.5. The van der Waals surface area contributed by atoms with Gasteiger partial charge in [-0.05, 0) is 29.8 Å². The Morgan fingerprint density at radius 1 is 1.12 bits per heavy atom. The van der Waals surface area contributed by atoms with Crippen molar-refractivity contribution in [3.8, 4) is 5.75 Å². The van der Waals surface area contributed by atoms with Gasteiger partial charge in [-0.1, -0.05) is 23.7 Å². The van der Waals surface area contributed by atoms with Gasteiger partial charge in [0, 0.05) is 11.6 Å². The van der Waals surface area contributed by atoms with Crippen molar-refractivity contribution in [3.05, 3.63) is 58.9 Å². The number of aromatic nitrogens is 1. The maximum absolute atomic E-state index is 5.80. The van der Waals surface area contributed by atoms with Crippen LogP contribution in [0, 0.1) is 0 Å². The lowest BCUT2D eigenvalue weighted by Crippen LogP contribution is -2.00. The minimum Gasteiger partial charge on any atom is -0.487 e. The molecule has 0 atom stereocenters. The van der Waals surface area contributed by atoms with E-state index >= 15 is 0 Å². The number of halogens is 1. The Morgan fingerprint density at radius 3 is 2.47 bits per heavy atom. The third-order valence-corrected chi connectivity index (χ3v) is 2.58. The molecule has 0 spiro atoms. The highest BCUT2D eigenvalue weighted by Gasteiger charge is 1.97. The molecule has 3 nitrogen and oxygen atoms in total. The van der Waals surface area contributed by atoms with Gasteiger partial charge in [-0.2, -0.15) is 0 Å². The van der Waals surface area contributed by atoms with E-state index in [9.17, 15) is 0 Å². The van der Waals surface area contributed by atoms with Gasteiger partial charge in [-0.3, -0.25) is 4.98 Å². The zero-order valence-electron chi connectivity index (χ0n) is 9.27. The van der Waals surface area contributed by atoms with Crippen LogP contribution >= 0.6 is 11.6 Å². The number of ether oxygens (including phenoxy) is 1. The number of nitrogens with zero attached hydrogens (tertiary/aromatic N) is 1. The van der Waals surface area contributed by atoms with Gasteiger partial charge < -0.3 is 10.5 Å². The van der Waals surface area contributed by atoms with Gasteiger partial charge in [0.25, 0.3) is 0 Å². The summed E-state index contributed by atoms with van der Waals surface area (Å²) in [6.45, 7) is 0.943. The summed E-state index contributed by atoms with van der Waals surface area (Å²) in [6.07, 6.45) is 1.68. The Morgan fingerprint density at radius 2 is 1.88 bits per heavy atom. The summed E-state index contributed by atoms with van der Waals surface area (Å²) >= 11 is 5.80. The smallest absolute Gasteiger partial charge is 0.138 e. The maximum Gasteiger partial charge on any atom is 0.138 e. The van der Waals surface area contributed by atoms with Crippen molar-refractivity contribution in [3.63, 3.8) is 0 Å². The first-order valence-electron chi connectivity index (χ1n) is 5.30. The molecule has 4 heteroatoms. The minimum absolute atomic E-state index is 0.442. The molecule has 88 valence electrons. The van der Waals surface area contributed by atoms with Crippen molar-refractivity contribution >= 4 is 11.6 Å². The molecule has 0 fully saturated rings. The summed E-state index contributed by atoms with van der Waals surface area (Å²) in [5.74, 6) is 0.733. The number of rotatable bonds is 4. The van der Waals surface area contributed by atoms with Crippen LogP contribution in [0.25, 0.3) is 0 Å². The van der Waals surface area contributed by atoms with Crippen molar-refractivity contribution in [2.75, 3.05) is 0 Å². The summed E-state index contributed by atoms with van der Waals surface area (Å²) in [7, 11) is 0. The first-order chi connectivity index (χ1) is 8.28. The fraction of sp³-hybridized carbons (Fsp3) is 0.154. The molecule has 0 amide bonds. The number of hydrogen-bond donors (Lipinski definition) is 1. The van der Waals surface area contributed by atoms with Crippen molar-refractivity contribution in [2.24, 2.45) is 5.73 Å². The molecule has 0 aliphatic heterocycles. The zero-order valence-corrected chi connectivity index (χ0v) is 10.0. The van der Waals surface area contributed by atoms with Gasteiger partial charge in [-0.15, -0.1) is 0 Å². The number of nitrogens with two attached hydrogens (primary N) is 1. The normalized spacial score (nSPS) is 10.2. The van der Waals surface area contributed by atoms with Gasteiger partial charge in [-0.25, -0.2) is 0 Å². The topological polar surface area (TPSA) is 48.1 Å². The maximum atomic E-state index is 5.80. The second-order valence-electron chi connectivity index (χ2n) is 3.60. The molecule has 0 saturated carbocycles. The van der Waals surface area contributed by atoms with Crippen LogP contribution in [0.2, 0.25) is 5.02 Å². The quantitative estimate of drug-likeness (QED) is 0.905. The second kappa shape index (κ2) is 5.66. The molecule has 1 aromatic carbocycles. The molecule has 1 aromatic heterocycles. The second-order valence-corrected chi connectivity index (χ2v) is 4.04. The van der Waals surface area contributed by atoms with Crippen LogP contribution in [-0.4, -0.2) is 4.98 Å². The van der Waals surface area contributed by atoms with Crippen molar-refractivity contribution in [1.29, 1.82) is 0 Å². The summed E-state index contributed by atoms with van der Waals surface area (Å²) in [5.41, 5.74) is 7.38. The van der Waals surface area contributed by atoms with E-state index < -0.39 is 0 Å². The van der Waals surface area contributed by atoms with Gasteiger partial charge in [0.2, 0.25) is 0 Å². The third kappa shape index (κ3) is 3.44. The molecular formula is C13H13ClN2O. The van der Waals surface area contributed by atoms with E-state index in [1.807, 2.05) is 36.4 Å². The number of hydrogen-bond acceptors (Lipinski definition) is 3. The summed E-state index contributed by atoms with van der Waals surface area (Å²) in [5, 5.41) is 0.725. The SMILES string of the molecule is NCc1ccc(OCc2ccc(Cl)cc2)cn1. The highest BCUT2D eigenvalue weighted by molar-refractivity contribution is 6.30. The molecule has 0 saturated heterocycles. The summed E-state index contributed by atoms with van der Waals surface area (Å²) in [4.78, 5) is 4.15. The zero-order chi connectivity index (χ0) is 12.1. The molecule has 2 N–H and O–H groups in total. The lowest BCUT2D eigenvalue weighted by atomic mass is 10.2. The molecular weight excluding hydrogens is 236 g/mol. The molecule has 0 bridgehead atoms. The Bertz CT molecular complexity index is 468. The largest absolute Gasteiger partial charge is 0.487 e. The Hall–Kier alpha value is -1.58. The van der Waals surface area contributed by atoms with Crippen molar-refractivity contribution < 1.29 is 4.74 Å². The van der Waals surface area contributed by atoms with E-state index in [1.165, 1.54) is 0 Å². The third-order valence-electron chi connectivity index (χ3n) is 2.33. The van der Waals surface area contributed by atoms with Crippen LogP contribution in [0.3, 0.4) is 0 Å². The van der Waals surface area contributed by atoms with E-state index in [1.54, 1.807) is 6.20 Å². The molecule has 0 radical (unpaired) electrons. The average molecular weight is 249 g/mol. The molecule has 0 aliphatic rings. The van der Waals surface area contributed by atoms with E-state index in [2.05, 4.69) is 4.98 Å². The molecule has 0 aliphatic carbocycles. The van der Waals surface area contributed by atoms with Crippen LogP contribution in [0.5, 0.6) is 5.75 Å². The monoisotopic (exact) mass is 248 g/mol. The molecule has 0 unspecified atom stereocenters. The molecule has 2 aromatic rings. The minimum atomic E-state index is 0.442. The van der Waals surface area contributed by atoms with E-state index in [-0.39, 0.29) is 0 Å². The predicted octanol–water partition coefficient (Wildman–Crippen LogP) is 2.77. The predicted molar refractivity (Wildman–Crippen MR) is 67.9 cm³/mol. The van der Waals surface area contributed by atoms with Gasteiger partial charge >= 0.3 is 0 Å². The first-order valence-corrected chi connectivity index (χ1v) is 5.68. The average Bonchev–Trinajstić information content (AvgIpc) is 2.39. The Balaban J connectivity index is 1.95. The summed E-state index contributed by atoms with van der Waals surface area (Å²) in [6, 6.07) is 11.3. The van der Waals surface area contributed by atoms with Crippen LogP contribution < -0.4 is 10.5 Å². The van der Waals surface area contributed by atoms with E-state index in [0.717, 1.165) is 22.0 Å². The number of pyridine rings is 1. The van der Waals surface area contributed by atoms with Crippen molar-refractivity contribution in [1.82, 2.24) is 4.98 Å². The summed E-state index contributed by atoms with van der Waals surface area (Å²) < 4.78 is 5.59. The van der Waals surface area contributed by atoms with E-state index in [4.69, 9.17) is 22.1 Å². The van der Waals surface area contributed by atoms with Crippen LogP contribution in [0.4, 0.5) is 0 Å². The van der Waals surface area contributed by atoms with Crippen LogP contribution in [0.15, 0.2) is 42.6 Å². The number of benzene rings is 1. The standard InChI is InChI=1S/C13H13ClN2O/c14-11-3-1-10(2-4-11)9-17-13-6-5-12(7-15)16-8-13/h1-6,8H,7,9,15H2. The fourth-order valence-corrected chi connectivity index (χ4v) is 1.49. The molecule has 17 heavy (non-hydrogen) atoms. The lowest BCUT2D eigenvalue weighted by molar-refractivity contribution is 0.305. The van der Waals surface area contributed by atoms with Crippen LogP contribution in [0.1, 0.15) is 11.3 Å². The molecule has 2 rings (SSSR count). The van der Waals surface area contributed by atoms with E-state index in [0.29, 0.717) is 13.2 Å². The fourth-order valence-electron chi connectivity index (χ4n) is 1.36.